The second-order valence-electron chi connectivity index (χ2n) is 7.68. The van der Waals surface area contributed by atoms with Crippen molar-refractivity contribution in [3.05, 3.63) is 69.8 Å². The molecule has 1 atom stereocenters. The van der Waals surface area contributed by atoms with E-state index in [-0.39, 0.29) is 11.5 Å². The third-order valence-corrected chi connectivity index (χ3v) is 5.65. The predicted molar refractivity (Wildman–Crippen MR) is 99.8 cm³/mol. The largest absolute Gasteiger partial charge is 0.207 e. The summed E-state index contributed by atoms with van der Waals surface area (Å²) in [6, 6.07) is 5.46. The highest BCUT2D eigenvalue weighted by molar-refractivity contribution is 5.32. The quantitative estimate of drug-likeness (QED) is 0.371. The van der Waals surface area contributed by atoms with Gasteiger partial charge in [-0.2, -0.15) is 0 Å². The molecule has 0 N–H and O–H groups in total. The fraction of sp³-hybridized carbons (Fsp3) is 0.478. The summed E-state index contributed by atoms with van der Waals surface area (Å²) in [4.78, 5) is 0. The van der Waals surface area contributed by atoms with Crippen LogP contribution in [0.15, 0.2) is 24.3 Å². The first kappa shape index (κ1) is 19.9. The van der Waals surface area contributed by atoms with Crippen LogP contribution in [0.4, 0.5) is 17.6 Å². The second-order valence-corrected chi connectivity index (χ2v) is 7.68. The molecule has 0 bridgehead atoms. The van der Waals surface area contributed by atoms with Gasteiger partial charge in [-0.3, -0.25) is 0 Å². The maximum Gasteiger partial charge on any atom is 0.159 e. The molecule has 1 unspecified atom stereocenters. The molecule has 2 aromatic carbocycles. The molecule has 1 aliphatic rings. The minimum absolute atomic E-state index is 0.144. The zero-order valence-corrected chi connectivity index (χ0v) is 15.8. The van der Waals surface area contributed by atoms with Crippen LogP contribution in [0.2, 0.25) is 0 Å². The van der Waals surface area contributed by atoms with Crippen molar-refractivity contribution in [2.24, 2.45) is 5.92 Å². The number of halogens is 4. The van der Waals surface area contributed by atoms with Crippen LogP contribution in [0, 0.1) is 29.2 Å². The Morgan fingerprint density at radius 2 is 1.48 bits per heavy atom. The molecular formula is C23H26F4. The summed E-state index contributed by atoms with van der Waals surface area (Å²) in [5, 5.41) is 0. The fourth-order valence-corrected chi connectivity index (χ4v) is 4.04. The van der Waals surface area contributed by atoms with E-state index in [4.69, 9.17) is 0 Å². The Morgan fingerprint density at radius 3 is 2.15 bits per heavy atom. The average Bonchev–Trinajstić information content (AvgIpc) is 2.62. The summed E-state index contributed by atoms with van der Waals surface area (Å²) < 4.78 is 55.6. The van der Waals surface area contributed by atoms with Crippen LogP contribution in [-0.2, 0) is 25.7 Å². The van der Waals surface area contributed by atoms with E-state index < -0.39 is 23.3 Å². The summed E-state index contributed by atoms with van der Waals surface area (Å²) in [5.74, 6) is -2.34. The number of fused-ring (bicyclic) bond motifs is 1. The van der Waals surface area contributed by atoms with Gasteiger partial charge >= 0.3 is 0 Å². The Hall–Kier alpha value is -1.84. The molecule has 146 valence electrons. The van der Waals surface area contributed by atoms with Gasteiger partial charge in [0.15, 0.2) is 11.6 Å². The van der Waals surface area contributed by atoms with Crippen LogP contribution in [0.3, 0.4) is 0 Å². The van der Waals surface area contributed by atoms with Crippen molar-refractivity contribution in [2.75, 3.05) is 0 Å². The van der Waals surface area contributed by atoms with Crippen molar-refractivity contribution in [3.63, 3.8) is 0 Å². The van der Waals surface area contributed by atoms with Crippen molar-refractivity contribution < 1.29 is 17.6 Å². The van der Waals surface area contributed by atoms with E-state index in [0.29, 0.717) is 37.7 Å². The van der Waals surface area contributed by atoms with Crippen LogP contribution in [0.5, 0.6) is 0 Å². The van der Waals surface area contributed by atoms with Crippen molar-refractivity contribution in [3.8, 4) is 0 Å². The molecule has 0 aliphatic heterocycles. The van der Waals surface area contributed by atoms with Gasteiger partial charge in [-0.25, -0.2) is 17.6 Å². The van der Waals surface area contributed by atoms with E-state index >= 15 is 0 Å². The summed E-state index contributed by atoms with van der Waals surface area (Å²) in [6.07, 6.45) is 6.87. The summed E-state index contributed by atoms with van der Waals surface area (Å²) >= 11 is 0. The van der Waals surface area contributed by atoms with E-state index in [1.54, 1.807) is 0 Å². The second kappa shape index (κ2) is 8.90. The molecule has 0 saturated heterocycles. The Bertz CT molecular complexity index is 774. The van der Waals surface area contributed by atoms with Crippen molar-refractivity contribution in [1.29, 1.82) is 0 Å². The maximum atomic E-state index is 14.4. The summed E-state index contributed by atoms with van der Waals surface area (Å²) in [6.45, 7) is 2.10. The predicted octanol–water partition coefficient (Wildman–Crippen LogP) is 6.71. The van der Waals surface area contributed by atoms with Gasteiger partial charge < -0.3 is 0 Å². The van der Waals surface area contributed by atoms with Gasteiger partial charge in [0.25, 0.3) is 0 Å². The first-order valence-corrected chi connectivity index (χ1v) is 9.91. The lowest BCUT2D eigenvalue weighted by Crippen LogP contribution is -2.16. The molecule has 3 rings (SSSR count). The topological polar surface area (TPSA) is 0 Å². The Labute approximate surface area is 158 Å². The minimum Gasteiger partial charge on any atom is -0.207 e. The normalized spacial score (nSPS) is 16.4. The van der Waals surface area contributed by atoms with Crippen molar-refractivity contribution >= 4 is 0 Å². The lowest BCUT2D eigenvalue weighted by Gasteiger charge is -2.25. The maximum absolute atomic E-state index is 14.4. The van der Waals surface area contributed by atoms with Crippen LogP contribution in [0.25, 0.3) is 0 Å². The first-order chi connectivity index (χ1) is 13.0. The smallest absolute Gasteiger partial charge is 0.159 e. The zero-order valence-electron chi connectivity index (χ0n) is 15.8. The Kier molecular flexibility index (Phi) is 6.56. The number of unbranched alkanes of at least 4 members (excludes halogenated alkanes) is 2. The van der Waals surface area contributed by atoms with Crippen LogP contribution in [-0.4, -0.2) is 0 Å². The van der Waals surface area contributed by atoms with Gasteiger partial charge in [-0.15, -0.1) is 0 Å². The van der Waals surface area contributed by atoms with Gasteiger partial charge in [0.05, 0.1) is 0 Å². The number of rotatable bonds is 7. The van der Waals surface area contributed by atoms with E-state index in [9.17, 15) is 17.6 Å². The molecule has 0 nitrogen and oxygen atoms in total. The molecule has 1 aliphatic carbocycles. The molecule has 0 fully saturated rings. The van der Waals surface area contributed by atoms with Gasteiger partial charge in [0, 0.05) is 5.56 Å². The molecule has 0 aromatic heterocycles. The van der Waals surface area contributed by atoms with Crippen molar-refractivity contribution in [2.45, 2.75) is 64.7 Å². The van der Waals surface area contributed by atoms with Crippen LogP contribution in [0.1, 0.15) is 61.3 Å². The van der Waals surface area contributed by atoms with Crippen LogP contribution >= 0.6 is 0 Å². The Balaban J connectivity index is 1.62. The van der Waals surface area contributed by atoms with E-state index in [2.05, 4.69) is 6.92 Å². The molecular weight excluding hydrogens is 352 g/mol. The SMILES string of the molecule is CCCCCc1cc(F)c(CCC2CCc3cc(F)c(F)cc3C2)c(F)c1. The molecule has 0 amide bonds. The summed E-state index contributed by atoms with van der Waals surface area (Å²) in [5.41, 5.74) is 2.52. The van der Waals surface area contributed by atoms with E-state index in [0.717, 1.165) is 36.8 Å². The minimum atomic E-state index is -0.829. The first-order valence-electron chi connectivity index (χ1n) is 9.91. The summed E-state index contributed by atoms with van der Waals surface area (Å²) in [7, 11) is 0. The molecule has 27 heavy (non-hydrogen) atoms. The number of hydrogen-bond acceptors (Lipinski definition) is 0. The van der Waals surface area contributed by atoms with Gasteiger partial charge in [0.1, 0.15) is 11.6 Å². The van der Waals surface area contributed by atoms with Gasteiger partial charge in [-0.05, 0) is 91.8 Å². The zero-order chi connectivity index (χ0) is 19.4. The standard InChI is InChI=1S/C23H26F4/c1-2-3-4-5-16-11-20(24)19(21(25)12-16)9-7-15-6-8-17-13-22(26)23(27)14-18(17)10-15/h11-15H,2-10H2,1H3. The van der Waals surface area contributed by atoms with E-state index in [1.165, 1.54) is 24.3 Å². The third kappa shape index (κ3) is 4.91. The third-order valence-electron chi connectivity index (χ3n) is 5.65. The lowest BCUT2D eigenvalue weighted by atomic mass is 9.81. The highest BCUT2D eigenvalue weighted by Gasteiger charge is 2.22. The highest BCUT2D eigenvalue weighted by Crippen LogP contribution is 2.31. The molecule has 4 heteroatoms. The number of hydrogen-bond donors (Lipinski definition) is 0. The molecule has 0 spiro atoms. The highest BCUT2D eigenvalue weighted by atomic mass is 19.2. The number of aryl methyl sites for hydroxylation is 2. The molecule has 0 heterocycles. The molecule has 0 radical (unpaired) electrons. The average molecular weight is 378 g/mol. The Morgan fingerprint density at radius 1 is 0.815 bits per heavy atom. The fourth-order valence-electron chi connectivity index (χ4n) is 4.04. The van der Waals surface area contributed by atoms with Gasteiger partial charge in [-0.1, -0.05) is 19.8 Å². The van der Waals surface area contributed by atoms with Gasteiger partial charge in [0.2, 0.25) is 0 Å². The monoisotopic (exact) mass is 378 g/mol. The van der Waals surface area contributed by atoms with Crippen LogP contribution < -0.4 is 0 Å². The lowest BCUT2D eigenvalue weighted by molar-refractivity contribution is 0.413. The van der Waals surface area contributed by atoms with E-state index in [1.807, 2.05) is 0 Å². The molecule has 2 aromatic rings. The number of benzene rings is 2. The molecule has 0 saturated carbocycles. The van der Waals surface area contributed by atoms with Crippen molar-refractivity contribution in [1.82, 2.24) is 0 Å².